The van der Waals surface area contributed by atoms with Crippen LogP contribution in [0.3, 0.4) is 0 Å². The molecule has 2 rings (SSSR count). The van der Waals surface area contributed by atoms with Gasteiger partial charge >= 0.3 is 0 Å². The number of rotatable bonds is 5. The molecule has 100 valence electrons. The first-order chi connectivity index (χ1) is 8.83. The minimum absolute atomic E-state index is 0.733. The summed E-state index contributed by atoms with van der Waals surface area (Å²) in [6, 6.07) is 9.18. The van der Waals surface area contributed by atoms with Crippen molar-refractivity contribution in [1.29, 1.82) is 0 Å². The average molecular weight is 312 g/mol. The van der Waals surface area contributed by atoms with Crippen LogP contribution in [0.25, 0.3) is 0 Å². The van der Waals surface area contributed by atoms with E-state index in [-0.39, 0.29) is 0 Å². The second-order valence-corrected chi connectivity index (χ2v) is 5.59. The van der Waals surface area contributed by atoms with Gasteiger partial charge in [0, 0.05) is 17.9 Å². The molecule has 18 heavy (non-hydrogen) atoms. The van der Waals surface area contributed by atoms with Gasteiger partial charge in [0.1, 0.15) is 5.75 Å². The van der Waals surface area contributed by atoms with Crippen LogP contribution < -0.4 is 4.74 Å². The van der Waals surface area contributed by atoms with Crippen molar-refractivity contribution < 1.29 is 4.74 Å². The predicted octanol–water partition coefficient (Wildman–Crippen LogP) is 3.49. The Hall–Kier alpha value is -0.540. The number of piperidine rings is 1. The molecule has 1 saturated heterocycles. The fourth-order valence-electron chi connectivity index (χ4n) is 2.59. The fraction of sp³-hybridized carbons (Fsp3) is 0.600. The molecule has 1 aromatic carbocycles. The third kappa shape index (κ3) is 3.72. The predicted molar refractivity (Wildman–Crippen MR) is 79.7 cm³/mol. The van der Waals surface area contributed by atoms with Crippen LogP contribution in [0, 0.1) is 0 Å². The SMILES string of the molecule is COc1ccc(CCN2CCCCC2CBr)cc1. The molecule has 1 atom stereocenters. The van der Waals surface area contributed by atoms with Crippen molar-refractivity contribution in [1.82, 2.24) is 4.90 Å². The normalized spacial score (nSPS) is 20.9. The second kappa shape index (κ2) is 7.15. The summed E-state index contributed by atoms with van der Waals surface area (Å²) in [5.41, 5.74) is 1.40. The van der Waals surface area contributed by atoms with Gasteiger partial charge in [-0.15, -0.1) is 0 Å². The lowest BCUT2D eigenvalue weighted by Crippen LogP contribution is -2.41. The summed E-state index contributed by atoms with van der Waals surface area (Å²) in [5, 5.41) is 1.11. The molecule has 0 amide bonds. The van der Waals surface area contributed by atoms with E-state index in [1.54, 1.807) is 7.11 Å². The highest BCUT2D eigenvalue weighted by Gasteiger charge is 2.20. The topological polar surface area (TPSA) is 12.5 Å². The molecule has 1 aliphatic rings. The number of alkyl halides is 1. The summed E-state index contributed by atoms with van der Waals surface area (Å²) < 4.78 is 5.18. The minimum Gasteiger partial charge on any atom is -0.497 e. The van der Waals surface area contributed by atoms with Crippen LogP contribution in [0.5, 0.6) is 5.75 Å². The fourth-order valence-corrected chi connectivity index (χ4v) is 3.33. The van der Waals surface area contributed by atoms with Crippen LogP contribution in [0.4, 0.5) is 0 Å². The molecule has 0 bridgehead atoms. The zero-order valence-electron chi connectivity index (χ0n) is 11.1. The first-order valence-electron chi connectivity index (χ1n) is 6.76. The monoisotopic (exact) mass is 311 g/mol. The Balaban J connectivity index is 1.85. The standard InChI is InChI=1S/C15H22BrNO/c1-18-15-7-5-13(6-8-15)9-11-17-10-3-2-4-14(17)12-16/h5-8,14H,2-4,9-12H2,1H3. The Morgan fingerprint density at radius 3 is 2.72 bits per heavy atom. The van der Waals surface area contributed by atoms with Gasteiger partial charge in [0.2, 0.25) is 0 Å². The van der Waals surface area contributed by atoms with Crippen molar-refractivity contribution in [2.75, 3.05) is 25.5 Å². The summed E-state index contributed by atoms with van der Waals surface area (Å²) >= 11 is 3.64. The lowest BCUT2D eigenvalue weighted by Gasteiger charge is -2.34. The highest BCUT2D eigenvalue weighted by atomic mass is 79.9. The van der Waals surface area contributed by atoms with Gasteiger partial charge in [-0.05, 0) is 43.5 Å². The molecule has 0 aromatic heterocycles. The van der Waals surface area contributed by atoms with E-state index in [2.05, 4.69) is 33.0 Å². The van der Waals surface area contributed by atoms with E-state index < -0.39 is 0 Å². The van der Waals surface area contributed by atoms with Gasteiger partial charge in [-0.1, -0.05) is 34.5 Å². The molecule has 0 aliphatic carbocycles. The molecular formula is C15H22BrNO. The Morgan fingerprint density at radius 2 is 2.06 bits per heavy atom. The molecule has 2 nitrogen and oxygen atoms in total. The van der Waals surface area contributed by atoms with Gasteiger partial charge in [-0.25, -0.2) is 0 Å². The van der Waals surface area contributed by atoms with Crippen LogP contribution in [0.15, 0.2) is 24.3 Å². The van der Waals surface area contributed by atoms with Crippen molar-refractivity contribution in [3.05, 3.63) is 29.8 Å². The second-order valence-electron chi connectivity index (χ2n) is 4.94. The number of hydrogen-bond donors (Lipinski definition) is 0. The highest BCUT2D eigenvalue weighted by molar-refractivity contribution is 9.09. The maximum Gasteiger partial charge on any atom is 0.118 e. The Kier molecular flexibility index (Phi) is 5.51. The van der Waals surface area contributed by atoms with Crippen molar-refractivity contribution in [3.8, 4) is 5.75 Å². The van der Waals surface area contributed by atoms with Crippen LogP contribution in [0.1, 0.15) is 24.8 Å². The number of nitrogens with zero attached hydrogens (tertiary/aromatic N) is 1. The van der Waals surface area contributed by atoms with Gasteiger partial charge in [0.05, 0.1) is 7.11 Å². The van der Waals surface area contributed by atoms with Gasteiger partial charge in [0.15, 0.2) is 0 Å². The van der Waals surface area contributed by atoms with Crippen molar-refractivity contribution in [3.63, 3.8) is 0 Å². The van der Waals surface area contributed by atoms with E-state index in [0.717, 1.165) is 23.5 Å². The Bertz CT molecular complexity index is 352. The largest absolute Gasteiger partial charge is 0.497 e. The molecular weight excluding hydrogens is 290 g/mol. The van der Waals surface area contributed by atoms with Gasteiger partial charge in [-0.3, -0.25) is 4.90 Å². The molecule has 1 unspecified atom stereocenters. The molecule has 1 aromatic rings. The molecule has 0 radical (unpaired) electrons. The maximum absolute atomic E-state index is 5.18. The van der Waals surface area contributed by atoms with Crippen LogP contribution in [0.2, 0.25) is 0 Å². The number of hydrogen-bond acceptors (Lipinski definition) is 2. The molecule has 1 aliphatic heterocycles. The third-order valence-corrected chi connectivity index (χ3v) is 4.52. The summed E-state index contributed by atoms with van der Waals surface area (Å²) in [6.45, 7) is 2.43. The van der Waals surface area contributed by atoms with E-state index >= 15 is 0 Å². The van der Waals surface area contributed by atoms with E-state index in [1.165, 1.54) is 37.9 Å². The Labute approximate surface area is 118 Å². The number of ether oxygens (including phenoxy) is 1. The minimum atomic E-state index is 0.733. The quantitative estimate of drug-likeness (QED) is 0.772. The molecule has 1 fully saturated rings. The average Bonchev–Trinajstić information content (AvgIpc) is 2.46. The number of likely N-dealkylation sites (tertiary alicyclic amines) is 1. The zero-order valence-corrected chi connectivity index (χ0v) is 12.7. The summed E-state index contributed by atoms with van der Waals surface area (Å²) in [7, 11) is 1.71. The molecule has 0 spiro atoms. The van der Waals surface area contributed by atoms with E-state index in [1.807, 2.05) is 12.1 Å². The first kappa shape index (κ1) is 13.9. The lowest BCUT2D eigenvalue weighted by atomic mass is 10.0. The van der Waals surface area contributed by atoms with Crippen LogP contribution in [-0.2, 0) is 6.42 Å². The molecule has 0 saturated carbocycles. The Morgan fingerprint density at radius 1 is 1.28 bits per heavy atom. The molecule has 0 N–H and O–H groups in total. The summed E-state index contributed by atoms with van der Waals surface area (Å²) in [6.07, 6.45) is 5.21. The summed E-state index contributed by atoms with van der Waals surface area (Å²) in [4.78, 5) is 2.63. The van der Waals surface area contributed by atoms with Crippen molar-refractivity contribution in [2.24, 2.45) is 0 Å². The smallest absolute Gasteiger partial charge is 0.118 e. The molecule has 3 heteroatoms. The van der Waals surface area contributed by atoms with Crippen LogP contribution in [-0.4, -0.2) is 36.5 Å². The first-order valence-corrected chi connectivity index (χ1v) is 7.88. The molecule has 1 heterocycles. The maximum atomic E-state index is 5.18. The van der Waals surface area contributed by atoms with Crippen molar-refractivity contribution >= 4 is 15.9 Å². The number of methoxy groups -OCH3 is 1. The van der Waals surface area contributed by atoms with E-state index in [0.29, 0.717) is 0 Å². The van der Waals surface area contributed by atoms with Gasteiger partial charge < -0.3 is 4.74 Å². The van der Waals surface area contributed by atoms with E-state index in [9.17, 15) is 0 Å². The van der Waals surface area contributed by atoms with E-state index in [4.69, 9.17) is 4.74 Å². The number of benzene rings is 1. The third-order valence-electron chi connectivity index (χ3n) is 3.77. The highest BCUT2D eigenvalue weighted by Crippen LogP contribution is 2.19. The van der Waals surface area contributed by atoms with Gasteiger partial charge in [-0.2, -0.15) is 0 Å². The number of halogens is 1. The van der Waals surface area contributed by atoms with Crippen molar-refractivity contribution in [2.45, 2.75) is 31.7 Å². The van der Waals surface area contributed by atoms with Crippen LogP contribution >= 0.6 is 15.9 Å². The zero-order chi connectivity index (χ0) is 12.8. The summed E-state index contributed by atoms with van der Waals surface area (Å²) in [5.74, 6) is 0.940. The van der Waals surface area contributed by atoms with Gasteiger partial charge in [0.25, 0.3) is 0 Å². The lowest BCUT2D eigenvalue weighted by molar-refractivity contribution is 0.167.